The molecule has 0 aromatic heterocycles. The first-order valence-corrected chi connectivity index (χ1v) is 7.26. The molecule has 0 saturated heterocycles. The zero-order valence-electron chi connectivity index (χ0n) is 12.0. The molecule has 0 saturated carbocycles. The molecule has 5 nitrogen and oxygen atoms in total. The van der Waals surface area contributed by atoms with Crippen LogP contribution in [-0.4, -0.2) is 31.0 Å². The number of carbonyl (C=O) groups excluding carboxylic acids is 1. The third kappa shape index (κ3) is 5.11. The molecule has 2 N–H and O–H groups in total. The molecule has 21 heavy (non-hydrogen) atoms. The SMILES string of the molecule is O=C(/C=C/c1ccc2c(c1)OCO2)NCCCCCCO. The van der Waals surface area contributed by atoms with Crippen molar-refractivity contribution in [2.45, 2.75) is 25.7 Å². The van der Waals surface area contributed by atoms with Crippen molar-refractivity contribution < 1.29 is 19.4 Å². The molecule has 0 aliphatic carbocycles. The number of nitrogens with one attached hydrogen (secondary N) is 1. The molecule has 0 radical (unpaired) electrons. The average Bonchev–Trinajstić information content (AvgIpc) is 2.96. The second-order valence-corrected chi connectivity index (χ2v) is 4.87. The van der Waals surface area contributed by atoms with Gasteiger partial charge in [-0.15, -0.1) is 0 Å². The lowest BCUT2D eigenvalue weighted by Gasteiger charge is -2.02. The van der Waals surface area contributed by atoms with Crippen molar-refractivity contribution >= 4 is 12.0 Å². The first kappa shape index (κ1) is 15.4. The molecule has 0 spiro atoms. The van der Waals surface area contributed by atoms with Gasteiger partial charge in [-0.3, -0.25) is 4.79 Å². The van der Waals surface area contributed by atoms with Gasteiger partial charge in [0.05, 0.1) is 0 Å². The molecule has 0 atom stereocenters. The first-order chi connectivity index (χ1) is 10.3. The van der Waals surface area contributed by atoms with Crippen LogP contribution in [0.5, 0.6) is 11.5 Å². The molecule has 0 unspecified atom stereocenters. The smallest absolute Gasteiger partial charge is 0.243 e. The van der Waals surface area contributed by atoms with Crippen LogP contribution in [0, 0.1) is 0 Å². The monoisotopic (exact) mass is 291 g/mol. The molecule has 1 aliphatic rings. The number of fused-ring (bicyclic) bond motifs is 1. The van der Waals surface area contributed by atoms with E-state index in [4.69, 9.17) is 14.6 Å². The van der Waals surface area contributed by atoms with Gasteiger partial charge in [0.2, 0.25) is 12.7 Å². The summed E-state index contributed by atoms with van der Waals surface area (Å²) < 4.78 is 10.5. The number of aliphatic hydroxyl groups excluding tert-OH is 1. The number of hydrogen-bond acceptors (Lipinski definition) is 4. The summed E-state index contributed by atoms with van der Waals surface area (Å²) >= 11 is 0. The van der Waals surface area contributed by atoms with Gasteiger partial charge in [0.15, 0.2) is 11.5 Å². The molecule has 1 heterocycles. The number of benzene rings is 1. The number of rotatable bonds is 8. The summed E-state index contributed by atoms with van der Waals surface area (Å²) in [4.78, 5) is 11.6. The van der Waals surface area contributed by atoms with Crippen molar-refractivity contribution in [3.8, 4) is 11.5 Å². The molecule has 1 aromatic carbocycles. The minimum atomic E-state index is -0.102. The highest BCUT2D eigenvalue weighted by Crippen LogP contribution is 2.32. The van der Waals surface area contributed by atoms with Gasteiger partial charge in [0.1, 0.15) is 0 Å². The van der Waals surface area contributed by atoms with Gasteiger partial charge in [-0.2, -0.15) is 0 Å². The van der Waals surface area contributed by atoms with Crippen LogP contribution in [0.1, 0.15) is 31.2 Å². The predicted molar refractivity (Wildman–Crippen MR) is 80.2 cm³/mol. The highest BCUT2D eigenvalue weighted by molar-refractivity contribution is 5.91. The standard InChI is InChI=1S/C16H21NO4/c18-10-4-2-1-3-9-17-16(19)8-6-13-5-7-14-15(11-13)21-12-20-14/h5-8,11,18H,1-4,9-10,12H2,(H,17,19)/b8-6+. The molecule has 1 amide bonds. The van der Waals surface area contributed by atoms with E-state index in [-0.39, 0.29) is 19.3 Å². The summed E-state index contributed by atoms with van der Waals surface area (Å²) in [5.41, 5.74) is 0.900. The fourth-order valence-electron chi connectivity index (χ4n) is 2.05. The Kier molecular flexibility index (Phi) is 6.09. The van der Waals surface area contributed by atoms with Crippen LogP contribution in [0.15, 0.2) is 24.3 Å². The number of carbonyl (C=O) groups is 1. The molecular weight excluding hydrogens is 270 g/mol. The summed E-state index contributed by atoms with van der Waals surface area (Å²) in [5, 5.41) is 11.5. The van der Waals surface area contributed by atoms with Crippen molar-refractivity contribution in [2.24, 2.45) is 0 Å². The van der Waals surface area contributed by atoms with E-state index in [1.54, 1.807) is 6.08 Å². The summed E-state index contributed by atoms with van der Waals surface area (Å²) in [5.74, 6) is 1.34. The number of ether oxygens (including phenoxy) is 2. The zero-order valence-corrected chi connectivity index (χ0v) is 12.0. The third-order valence-electron chi connectivity index (χ3n) is 3.21. The van der Waals surface area contributed by atoms with Gasteiger partial charge in [-0.25, -0.2) is 0 Å². The summed E-state index contributed by atoms with van der Waals surface area (Å²) in [7, 11) is 0. The highest BCUT2D eigenvalue weighted by atomic mass is 16.7. The largest absolute Gasteiger partial charge is 0.454 e. The van der Waals surface area contributed by atoms with Crippen molar-refractivity contribution in [3.05, 3.63) is 29.8 Å². The van der Waals surface area contributed by atoms with Gasteiger partial charge in [-0.05, 0) is 36.6 Å². The summed E-state index contributed by atoms with van der Waals surface area (Å²) in [6.07, 6.45) is 7.06. The Labute approximate surface area is 124 Å². The molecule has 5 heteroatoms. The Morgan fingerprint density at radius 3 is 2.86 bits per heavy atom. The third-order valence-corrected chi connectivity index (χ3v) is 3.21. The van der Waals surface area contributed by atoms with Gasteiger partial charge in [0.25, 0.3) is 0 Å². The van der Waals surface area contributed by atoms with Crippen LogP contribution in [0.25, 0.3) is 6.08 Å². The number of aliphatic hydroxyl groups is 1. The number of hydrogen-bond donors (Lipinski definition) is 2. The quantitative estimate of drug-likeness (QED) is 0.568. The van der Waals surface area contributed by atoms with E-state index in [1.165, 1.54) is 6.08 Å². The average molecular weight is 291 g/mol. The molecule has 2 rings (SSSR count). The van der Waals surface area contributed by atoms with Gasteiger partial charge in [0, 0.05) is 19.2 Å². The molecular formula is C16H21NO4. The lowest BCUT2D eigenvalue weighted by Crippen LogP contribution is -2.21. The van der Waals surface area contributed by atoms with Crippen LogP contribution in [-0.2, 0) is 4.79 Å². The van der Waals surface area contributed by atoms with E-state index in [1.807, 2.05) is 18.2 Å². The van der Waals surface area contributed by atoms with Gasteiger partial charge in [-0.1, -0.05) is 18.9 Å². The number of amides is 1. The fourth-order valence-corrected chi connectivity index (χ4v) is 2.05. The molecule has 114 valence electrons. The van der Waals surface area contributed by atoms with E-state index in [0.29, 0.717) is 12.3 Å². The molecule has 1 aromatic rings. The van der Waals surface area contributed by atoms with Crippen molar-refractivity contribution in [1.82, 2.24) is 5.32 Å². The topological polar surface area (TPSA) is 67.8 Å². The Morgan fingerprint density at radius 2 is 2.00 bits per heavy atom. The Balaban J connectivity index is 1.70. The van der Waals surface area contributed by atoms with Gasteiger partial charge < -0.3 is 19.9 Å². The van der Waals surface area contributed by atoms with Crippen LogP contribution >= 0.6 is 0 Å². The van der Waals surface area contributed by atoms with Crippen molar-refractivity contribution in [3.63, 3.8) is 0 Å². The second kappa shape index (κ2) is 8.32. The van der Waals surface area contributed by atoms with E-state index < -0.39 is 0 Å². The Hall–Kier alpha value is -2.01. The maximum absolute atomic E-state index is 11.6. The molecule has 1 aliphatic heterocycles. The maximum Gasteiger partial charge on any atom is 0.243 e. The van der Waals surface area contributed by atoms with E-state index in [9.17, 15) is 4.79 Å². The van der Waals surface area contributed by atoms with Gasteiger partial charge >= 0.3 is 0 Å². The minimum absolute atomic E-state index is 0.102. The van der Waals surface area contributed by atoms with Crippen molar-refractivity contribution in [2.75, 3.05) is 19.9 Å². The molecule has 0 bridgehead atoms. The predicted octanol–water partition coefficient (Wildman–Crippen LogP) is 2.10. The van der Waals surface area contributed by atoms with E-state index in [2.05, 4.69) is 5.32 Å². The number of unbranched alkanes of at least 4 members (excludes halogenated alkanes) is 3. The van der Waals surface area contributed by atoms with Crippen LogP contribution in [0.2, 0.25) is 0 Å². The Bertz CT molecular complexity index is 499. The van der Waals surface area contributed by atoms with Crippen LogP contribution < -0.4 is 14.8 Å². The maximum atomic E-state index is 11.6. The van der Waals surface area contributed by atoms with Crippen molar-refractivity contribution in [1.29, 1.82) is 0 Å². The molecule has 0 fully saturated rings. The normalized spacial score (nSPS) is 12.8. The Morgan fingerprint density at radius 1 is 1.19 bits per heavy atom. The highest BCUT2D eigenvalue weighted by Gasteiger charge is 2.12. The van der Waals surface area contributed by atoms with E-state index in [0.717, 1.165) is 37.0 Å². The van der Waals surface area contributed by atoms with Crippen LogP contribution in [0.4, 0.5) is 0 Å². The second-order valence-electron chi connectivity index (χ2n) is 4.87. The fraction of sp³-hybridized carbons (Fsp3) is 0.438. The summed E-state index contributed by atoms with van der Waals surface area (Å²) in [6.45, 7) is 1.15. The lowest BCUT2D eigenvalue weighted by molar-refractivity contribution is -0.116. The van der Waals surface area contributed by atoms with E-state index >= 15 is 0 Å². The minimum Gasteiger partial charge on any atom is -0.454 e. The zero-order chi connectivity index (χ0) is 14.9. The first-order valence-electron chi connectivity index (χ1n) is 7.26. The van der Waals surface area contributed by atoms with Crippen LogP contribution in [0.3, 0.4) is 0 Å². The lowest BCUT2D eigenvalue weighted by atomic mass is 10.2. The summed E-state index contributed by atoms with van der Waals surface area (Å²) in [6, 6.07) is 5.56.